The third-order valence-corrected chi connectivity index (χ3v) is 3.36. The Bertz CT molecular complexity index is 726. The Kier molecular flexibility index (Phi) is 3.11. The van der Waals surface area contributed by atoms with Crippen LogP contribution in [0.4, 0.5) is 5.82 Å². The first-order valence-electron chi connectivity index (χ1n) is 6.09. The molecule has 0 bridgehead atoms. The molecule has 110 valence electrons. The van der Waals surface area contributed by atoms with Gasteiger partial charge in [0.2, 0.25) is 0 Å². The van der Waals surface area contributed by atoms with Gasteiger partial charge in [0.15, 0.2) is 11.5 Å². The van der Waals surface area contributed by atoms with Crippen molar-refractivity contribution in [3.63, 3.8) is 0 Å². The number of hydrogen-bond donors (Lipinski definition) is 3. The van der Waals surface area contributed by atoms with E-state index in [1.165, 1.54) is 17.2 Å². The quantitative estimate of drug-likeness (QED) is 0.388. The van der Waals surface area contributed by atoms with Gasteiger partial charge in [0.1, 0.15) is 17.9 Å². The number of aliphatic hydroxyl groups excluding tert-OH is 2. The molecule has 0 radical (unpaired) electrons. The molecule has 1 aliphatic rings. The van der Waals surface area contributed by atoms with Gasteiger partial charge in [-0.3, -0.25) is 4.57 Å². The van der Waals surface area contributed by atoms with Crippen LogP contribution in [0.3, 0.4) is 0 Å². The van der Waals surface area contributed by atoms with Crippen molar-refractivity contribution in [2.24, 2.45) is 5.11 Å². The summed E-state index contributed by atoms with van der Waals surface area (Å²) in [5.74, 6) is -1.61. The number of nitrogen functional groups attached to an aromatic ring is 1. The first kappa shape index (κ1) is 13.5. The Balaban J connectivity index is 2.21. The van der Waals surface area contributed by atoms with E-state index < -0.39 is 18.1 Å². The summed E-state index contributed by atoms with van der Waals surface area (Å²) in [7, 11) is 0. The second-order valence-corrected chi connectivity index (χ2v) is 4.57. The number of nitrogens with two attached hydrogens (primary N) is 1. The number of fused-ring (bicyclic) bond motifs is 1. The maximum Gasteiger partial charge on any atom is 0.254 e. The van der Waals surface area contributed by atoms with Crippen LogP contribution in [0.15, 0.2) is 17.8 Å². The Labute approximate surface area is 117 Å². The summed E-state index contributed by atoms with van der Waals surface area (Å²) in [5, 5.41) is 23.0. The number of hydrogen-bond acceptors (Lipinski definition) is 8. The fourth-order valence-corrected chi connectivity index (χ4v) is 2.39. The summed E-state index contributed by atoms with van der Waals surface area (Å²) in [6.45, 7) is -0.316. The van der Waals surface area contributed by atoms with Crippen LogP contribution in [0.2, 0.25) is 0 Å². The van der Waals surface area contributed by atoms with Crippen LogP contribution < -0.4 is 5.73 Å². The molecular weight excluding hydrogens is 280 g/mol. The molecule has 1 fully saturated rings. The van der Waals surface area contributed by atoms with E-state index in [2.05, 4.69) is 25.0 Å². The Hall–Kier alpha value is -2.46. The van der Waals surface area contributed by atoms with Gasteiger partial charge in [-0.2, -0.15) is 0 Å². The van der Waals surface area contributed by atoms with Crippen molar-refractivity contribution in [1.82, 2.24) is 19.5 Å². The van der Waals surface area contributed by atoms with Gasteiger partial charge < -0.3 is 20.7 Å². The zero-order chi connectivity index (χ0) is 15.0. The van der Waals surface area contributed by atoms with Crippen LogP contribution in [0.1, 0.15) is 6.42 Å². The number of aromatic nitrogens is 4. The number of anilines is 1. The minimum absolute atomic E-state index is 0.107. The van der Waals surface area contributed by atoms with Gasteiger partial charge in [0.05, 0.1) is 19.0 Å². The summed E-state index contributed by atoms with van der Waals surface area (Å²) < 4.78 is 6.84. The van der Waals surface area contributed by atoms with Crippen molar-refractivity contribution < 1.29 is 14.9 Å². The second kappa shape index (κ2) is 4.82. The molecule has 21 heavy (non-hydrogen) atoms. The predicted molar refractivity (Wildman–Crippen MR) is 69.4 cm³/mol. The van der Waals surface area contributed by atoms with E-state index in [0.717, 1.165) is 0 Å². The molecule has 0 aromatic carbocycles. The summed E-state index contributed by atoms with van der Waals surface area (Å²) in [6.07, 6.45) is 0.800. The number of imidazole rings is 1. The van der Waals surface area contributed by atoms with Gasteiger partial charge >= 0.3 is 0 Å². The van der Waals surface area contributed by atoms with Crippen molar-refractivity contribution in [2.75, 3.05) is 12.3 Å². The van der Waals surface area contributed by atoms with Gasteiger partial charge in [-0.1, -0.05) is 0 Å². The number of nitrogens with zero attached hydrogens (tertiary/aromatic N) is 7. The van der Waals surface area contributed by atoms with E-state index in [4.69, 9.17) is 16.0 Å². The van der Waals surface area contributed by atoms with Crippen LogP contribution >= 0.6 is 0 Å². The largest absolute Gasteiger partial charge is 0.394 e. The second-order valence-electron chi connectivity index (χ2n) is 4.57. The maximum atomic E-state index is 10.2. The van der Waals surface area contributed by atoms with Gasteiger partial charge in [-0.15, -0.1) is 0 Å². The molecule has 0 aliphatic carbocycles. The zero-order valence-electron chi connectivity index (χ0n) is 10.7. The molecule has 1 aliphatic heterocycles. The molecule has 0 saturated carbocycles. The van der Waals surface area contributed by atoms with Gasteiger partial charge in [0, 0.05) is 11.3 Å². The summed E-state index contributed by atoms with van der Waals surface area (Å²) in [5.41, 5.74) is 15.1. The third kappa shape index (κ3) is 1.87. The lowest BCUT2D eigenvalue weighted by atomic mass is 10.1. The molecule has 3 heterocycles. The molecule has 2 aromatic rings. The first-order valence-corrected chi connectivity index (χ1v) is 6.09. The Morgan fingerprint density at radius 1 is 1.57 bits per heavy atom. The van der Waals surface area contributed by atoms with E-state index in [1.54, 1.807) is 0 Å². The molecule has 2 aromatic heterocycles. The summed E-state index contributed by atoms with van der Waals surface area (Å²) >= 11 is 0. The molecule has 4 N–H and O–H groups in total. The van der Waals surface area contributed by atoms with Gasteiger partial charge in [-0.25, -0.2) is 15.0 Å². The highest BCUT2D eigenvalue weighted by Gasteiger charge is 2.50. The van der Waals surface area contributed by atoms with Crippen LogP contribution in [0.25, 0.3) is 21.6 Å². The van der Waals surface area contributed by atoms with E-state index in [-0.39, 0.29) is 24.5 Å². The highest BCUT2D eigenvalue weighted by atomic mass is 16.6. The Morgan fingerprint density at radius 2 is 2.38 bits per heavy atom. The van der Waals surface area contributed by atoms with Crippen molar-refractivity contribution in [3.8, 4) is 0 Å². The number of ether oxygens (including phenoxy) is 1. The number of rotatable bonds is 3. The Morgan fingerprint density at radius 3 is 3.05 bits per heavy atom. The molecule has 0 spiro atoms. The van der Waals surface area contributed by atoms with Crippen molar-refractivity contribution in [2.45, 2.75) is 24.5 Å². The van der Waals surface area contributed by atoms with E-state index in [9.17, 15) is 10.2 Å². The van der Waals surface area contributed by atoms with E-state index in [0.29, 0.717) is 5.52 Å². The minimum atomic E-state index is -1.77. The maximum absolute atomic E-state index is 10.2. The lowest BCUT2D eigenvalue weighted by Crippen LogP contribution is -2.40. The number of aliphatic hydroxyl groups is 2. The van der Waals surface area contributed by atoms with E-state index >= 15 is 0 Å². The molecule has 1 saturated heterocycles. The summed E-state index contributed by atoms with van der Waals surface area (Å²) in [4.78, 5) is 14.6. The van der Waals surface area contributed by atoms with Crippen LogP contribution in [-0.4, -0.2) is 48.5 Å². The monoisotopic (exact) mass is 292 g/mol. The topological polar surface area (TPSA) is 168 Å². The lowest BCUT2D eigenvalue weighted by Gasteiger charge is -2.28. The first-order chi connectivity index (χ1) is 10.1. The number of azide groups is 1. The smallest absolute Gasteiger partial charge is 0.254 e. The molecule has 3 rings (SSSR count). The summed E-state index contributed by atoms with van der Waals surface area (Å²) in [6, 6.07) is 0. The molecule has 0 amide bonds. The fourth-order valence-electron chi connectivity index (χ4n) is 2.39. The molecule has 11 heteroatoms. The van der Waals surface area contributed by atoms with Gasteiger partial charge in [-0.05, 0) is 10.6 Å². The van der Waals surface area contributed by atoms with Crippen molar-refractivity contribution in [3.05, 3.63) is 23.1 Å². The molecule has 11 nitrogen and oxygen atoms in total. The standard InChI is InChI=1S/C10H12N8O3/c11-8-7-9(14-3-13-8)18(4-15-7)10(16-17-12)6(20)1-5(2-19)21-10/h3-6,19-20H,1-2H2,(H2,11,13,14)/t5-,6+,10-/m0/s1. The van der Waals surface area contributed by atoms with Crippen molar-refractivity contribution >= 4 is 17.0 Å². The van der Waals surface area contributed by atoms with Crippen LogP contribution in [0.5, 0.6) is 0 Å². The van der Waals surface area contributed by atoms with E-state index in [1.807, 2.05) is 0 Å². The van der Waals surface area contributed by atoms with Gasteiger partial charge in [0.25, 0.3) is 5.85 Å². The average molecular weight is 292 g/mol. The lowest BCUT2D eigenvalue weighted by molar-refractivity contribution is -0.140. The zero-order valence-corrected chi connectivity index (χ0v) is 10.7. The van der Waals surface area contributed by atoms with Crippen molar-refractivity contribution in [1.29, 1.82) is 0 Å². The molecule has 3 atom stereocenters. The normalized spacial score (nSPS) is 28.7. The predicted octanol–water partition coefficient (Wildman–Crippen LogP) is -0.529. The van der Waals surface area contributed by atoms with Crippen LogP contribution in [-0.2, 0) is 10.6 Å². The fraction of sp³-hybridized carbons (Fsp3) is 0.500. The molecular formula is C10H12N8O3. The van der Waals surface area contributed by atoms with Crippen LogP contribution in [0, 0.1) is 0 Å². The highest BCUT2D eigenvalue weighted by Crippen LogP contribution is 2.38. The third-order valence-electron chi connectivity index (χ3n) is 3.36. The average Bonchev–Trinajstić information content (AvgIpc) is 3.03. The molecule has 0 unspecified atom stereocenters. The minimum Gasteiger partial charge on any atom is -0.394 e. The SMILES string of the molecule is [N-]=[N+]=N[C@@]1(n2cnc3c(N)ncnc32)O[C@H](CO)C[C@H]1O. The highest BCUT2D eigenvalue weighted by molar-refractivity contribution is 5.81.